The zero-order chi connectivity index (χ0) is 11.8. The van der Waals surface area contributed by atoms with Crippen LogP contribution >= 0.6 is 0 Å². The summed E-state index contributed by atoms with van der Waals surface area (Å²) < 4.78 is 24.0. The van der Waals surface area contributed by atoms with Crippen molar-refractivity contribution in [3.63, 3.8) is 0 Å². The van der Waals surface area contributed by atoms with Gasteiger partial charge in [-0.25, -0.2) is 13.4 Å². The zero-order valence-corrected chi connectivity index (χ0v) is 9.77. The number of hydrogen-bond acceptors (Lipinski definition) is 5. The van der Waals surface area contributed by atoms with Crippen LogP contribution in [0.25, 0.3) is 0 Å². The maximum atomic E-state index is 11.8. The number of rotatable bonds is 3. The third-order valence-corrected chi connectivity index (χ3v) is 4.59. The second-order valence-corrected chi connectivity index (χ2v) is 6.27. The van der Waals surface area contributed by atoms with E-state index in [2.05, 4.69) is 10.1 Å². The summed E-state index contributed by atoms with van der Waals surface area (Å²) in [6.45, 7) is 0. The van der Waals surface area contributed by atoms with Gasteiger partial charge in [0.25, 0.3) is 0 Å². The lowest BCUT2D eigenvalue weighted by Crippen LogP contribution is -2.19. The molecular formula is C9H13N3O3S. The van der Waals surface area contributed by atoms with Gasteiger partial charge in [-0.3, -0.25) is 9.48 Å². The Morgan fingerprint density at radius 3 is 2.88 bits per heavy atom. The van der Waals surface area contributed by atoms with Crippen LogP contribution in [0.1, 0.15) is 12.2 Å². The molecule has 1 atom stereocenters. The quantitative estimate of drug-likeness (QED) is 0.705. The van der Waals surface area contributed by atoms with Gasteiger partial charge >= 0.3 is 0 Å². The van der Waals surface area contributed by atoms with E-state index in [4.69, 9.17) is 0 Å². The van der Waals surface area contributed by atoms with Gasteiger partial charge in [0.15, 0.2) is 9.84 Å². The normalized spacial score (nSPS) is 23.4. The van der Waals surface area contributed by atoms with E-state index in [-0.39, 0.29) is 29.6 Å². The molecule has 1 fully saturated rings. The van der Waals surface area contributed by atoms with Crippen LogP contribution in [0.3, 0.4) is 0 Å². The standard InChI is InChI=1S/C9H13N3O3S/c1-12-9(10-6-11-12)4-8(13)7-2-3-16(14,15)5-7/h6-7H,2-5H2,1H3. The smallest absolute Gasteiger partial charge is 0.151 e. The minimum Gasteiger partial charge on any atom is -0.299 e. The Hall–Kier alpha value is -1.24. The third kappa shape index (κ3) is 2.29. The van der Waals surface area contributed by atoms with Gasteiger partial charge in [-0.05, 0) is 6.42 Å². The molecule has 7 heteroatoms. The predicted octanol–water partition coefficient (Wildman–Crippen LogP) is -0.639. The Morgan fingerprint density at radius 2 is 2.38 bits per heavy atom. The molecule has 0 amide bonds. The largest absolute Gasteiger partial charge is 0.299 e. The summed E-state index contributed by atoms with van der Waals surface area (Å²) >= 11 is 0. The van der Waals surface area contributed by atoms with E-state index < -0.39 is 9.84 Å². The molecule has 0 radical (unpaired) electrons. The minimum absolute atomic E-state index is 0.0102. The number of aryl methyl sites for hydroxylation is 1. The molecule has 0 spiro atoms. The van der Waals surface area contributed by atoms with Crippen LogP contribution in [-0.2, 0) is 28.1 Å². The van der Waals surface area contributed by atoms with Crippen molar-refractivity contribution in [3.05, 3.63) is 12.2 Å². The maximum absolute atomic E-state index is 11.8. The van der Waals surface area contributed by atoms with Crippen molar-refractivity contribution < 1.29 is 13.2 Å². The number of nitrogens with zero attached hydrogens (tertiary/aromatic N) is 3. The van der Waals surface area contributed by atoms with E-state index in [9.17, 15) is 13.2 Å². The first-order chi connectivity index (χ1) is 7.48. The molecule has 88 valence electrons. The number of sulfone groups is 1. The van der Waals surface area contributed by atoms with Crippen molar-refractivity contribution in [2.24, 2.45) is 13.0 Å². The van der Waals surface area contributed by atoms with Gasteiger partial charge in [0.1, 0.15) is 17.9 Å². The molecule has 1 aliphatic rings. The highest BCUT2D eigenvalue weighted by Crippen LogP contribution is 2.20. The van der Waals surface area contributed by atoms with Gasteiger partial charge in [-0.2, -0.15) is 5.10 Å². The Morgan fingerprint density at radius 1 is 1.62 bits per heavy atom. The maximum Gasteiger partial charge on any atom is 0.151 e. The van der Waals surface area contributed by atoms with Crippen molar-refractivity contribution in [1.82, 2.24) is 14.8 Å². The van der Waals surface area contributed by atoms with Crippen LogP contribution in [0.4, 0.5) is 0 Å². The SMILES string of the molecule is Cn1ncnc1CC(=O)C1CCS(=O)(=O)C1. The lowest BCUT2D eigenvalue weighted by Gasteiger charge is -2.05. The highest BCUT2D eigenvalue weighted by Gasteiger charge is 2.33. The van der Waals surface area contributed by atoms with Gasteiger partial charge in [0, 0.05) is 13.0 Å². The van der Waals surface area contributed by atoms with Crippen LogP contribution in [0.2, 0.25) is 0 Å². The average molecular weight is 243 g/mol. The van der Waals surface area contributed by atoms with Crippen LogP contribution in [0.5, 0.6) is 0 Å². The Bertz CT molecular complexity index is 506. The number of carbonyl (C=O) groups is 1. The summed E-state index contributed by atoms with van der Waals surface area (Å²) in [6.07, 6.45) is 1.99. The Balaban J connectivity index is 2.03. The van der Waals surface area contributed by atoms with Gasteiger partial charge in [-0.15, -0.1) is 0 Å². The van der Waals surface area contributed by atoms with E-state index in [1.807, 2.05) is 0 Å². The molecule has 1 saturated heterocycles. The second-order valence-electron chi connectivity index (χ2n) is 4.04. The summed E-state index contributed by atoms with van der Waals surface area (Å²) in [6, 6.07) is 0. The van der Waals surface area contributed by atoms with Crippen LogP contribution in [0.15, 0.2) is 6.33 Å². The monoisotopic (exact) mass is 243 g/mol. The lowest BCUT2D eigenvalue weighted by molar-refractivity contribution is -0.121. The molecule has 6 nitrogen and oxygen atoms in total. The molecule has 2 heterocycles. The zero-order valence-electron chi connectivity index (χ0n) is 8.96. The minimum atomic E-state index is -2.99. The molecule has 0 aromatic carbocycles. The molecule has 16 heavy (non-hydrogen) atoms. The number of ketones is 1. The van der Waals surface area contributed by atoms with Crippen molar-refractivity contribution >= 4 is 15.6 Å². The number of carbonyl (C=O) groups excluding carboxylic acids is 1. The highest BCUT2D eigenvalue weighted by molar-refractivity contribution is 7.91. The first kappa shape index (κ1) is 11.3. The number of Topliss-reactive ketones (excluding diaryl/α,β-unsaturated/α-hetero) is 1. The Kier molecular flexibility index (Phi) is 2.79. The Labute approximate surface area is 93.6 Å². The molecule has 1 aromatic heterocycles. The fourth-order valence-electron chi connectivity index (χ4n) is 1.83. The molecule has 2 rings (SSSR count). The molecule has 0 aliphatic carbocycles. The molecule has 0 saturated carbocycles. The van der Waals surface area contributed by atoms with Crippen molar-refractivity contribution in [3.8, 4) is 0 Å². The first-order valence-corrected chi connectivity index (χ1v) is 6.86. The molecule has 1 aliphatic heterocycles. The summed E-state index contributed by atoms with van der Waals surface area (Å²) in [5.74, 6) is 0.277. The third-order valence-electron chi connectivity index (χ3n) is 2.83. The van der Waals surface area contributed by atoms with Crippen LogP contribution < -0.4 is 0 Å². The van der Waals surface area contributed by atoms with Crippen molar-refractivity contribution in [2.75, 3.05) is 11.5 Å². The van der Waals surface area contributed by atoms with E-state index >= 15 is 0 Å². The topological polar surface area (TPSA) is 81.9 Å². The van der Waals surface area contributed by atoms with E-state index in [0.717, 1.165) is 0 Å². The van der Waals surface area contributed by atoms with E-state index in [0.29, 0.717) is 12.2 Å². The second kappa shape index (κ2) is 3.97. The van der Waals surface area contributed by atoms with Crippen LogP contribution in [0, 0.1) is 5.92 Å². The highest BCUT2D eigenvalue weighted by atomic mass is 32.2. The predicted molar refractivity (Wildman–Crippen MR) is 56.5 cm³/mol. The van der Waals surface area contributed by atoms with Gasteiger partial charge in [0.2, 0.25) is 0 Å². The molecule has 0 N–H and O–H groups in total. The fourth-order valence-corrected chi connectivity index (χ4v) is 3.61. The molecule has 1 aromatic rings. The van der Waals surface area contributed by atoms with Gasteiger partial charge < -0.3 is 0 Å². The molecular weight excluding hydrogens is 230 g/mol. The van der Waals surface area contributed by atoms with Crippen LogP contribution in [-0.4, -0.2) is 40.5 Å². The van der Waals surface area contributed by atoms with Crippen molar-refractivity contribution in [2.45, 2.75) is 12.8 Å². The first-order valence-electron chi connectivity index (χ1n) is 5.04. The molecule has 0 bridgehead atoms. The summed E-state index contributed by atoms with van der Waals surface area (Å²) in [7, 11) is -1.28. The number of hydrogen-bond donors (Lipinski definition) is 0. The molecule has 1 unspecified atom stereocenters. The van der Waals surface area contributed by atoms with E-state index in [1.165, 1.54) is 11.0 Å². The van der Waals surface area contributed by atoms with E-state index in [1.54, 1.807) is 7.05 Å². The lowest BCUT2D eigenvalue weighted by atomic mass is 10.0. The summed E-state index contributed by atoms with van der Waals surface area (Å²) in [4.78, 5) is 15.8. The average Bonchev–Trinajstić information content (AvgIpc) is 2.74. The van der Waals surface area contributed by atoms with Gasteiger partial charge in [0.05, 0.1) is 17.9 Å². The van der Waals surface area contributed by atoms with Gasteiger partial charge in [-0.1, -0.05) is 0 Å². The summed E-state index contributed by atoms with van der Waals surface area (Å²) in [5.41, 5.74) is 0. The summed E-state index contributed by atoms with van der Waals surface area (Å²) in [5, 5.41) is 3.86. The fraction of sp³-hybridized carbons (Fsp3) is 0.667. The van der Waals surface area contributed by atoms with Crippen molar-refractivity contribution in [1.29, 1.82) is 0 Å². The number of aromatic nitrogens is 3.